The second-order valence-corrected chi connectivity index (χ2v) is 7.14. The largest absolute Gasteiger partial charge is 0.503 e. The molecule has 0 fully saturated rings. The van der Waals surface area contributed by atoms with Crippen molar-refractivity contribution in [1.29, 1.82) is 0 Å². The van der Waals surface area contributed by atoms with Crippen LogP contribution in [0.5, 0.6) is 17.2 Å². The van der Waals surface area contributed by atoms with Crippen LogP contribution in [0, 0.1) is 5.92 Å². The standard InChI is InChI=1S/C23H29NO6/c1-5-9-19(16(3)29-17-10-7-6-8-11-17)30-23(27)15(2)14-18(25)21-22(26)20(28-4)12-13-24-21/h6-8,10-13,15-16,19,26H,5,9,14H2,1-4H3/t15-,16+,19-/m1/s1. The van der Waals surface area contributed by atoms with Gasteiger partial charge in [-0.2, -0.15) is 0 Å². The summed E-state index contributed by atoms with van der Waals surface area (Å²) < 4.78 is 16.6. The number of methoxy groups -OCH3 is 1. The topological polar surface area (TPSA) is 95.0 Å². The summed E-state index contributed by atoms with van der Waals surface area (Å²) in [5, 5.41) is 10.1. The Morgan fingerprint density at radius 1 is 1.13 bits per heavy atom. The zero-order chi connectivity index (χ0) is 22.1. The normalized spacial score (nSPS) is 13.7. The Kier molecular flexibility index (Phi) is 8.65. The van der Waals surface area contributed by atoms with Crippen LogP contribution in [0.1, 0.15) is 50.5 Å². The number of para-hydroxylation sites is 1. The number of Topliss-reactive ketones (excluding diaryl/α,β-unsaturated/α-hetero) is 1. The number of aromatic nitrogens is 1. The molecule has 0 saturated carbocycles. The van der Waals surface area contributed by atoms with Crippen molar-refractivity contribution in [3.8, 4) is 17.2 Å². The lowest BCUT2D eigenvalue weighted by Crippen LogP contribution is -2.35. The van der Waals surface area contributed by atoms with Gasteiger partial charge in [-0.25, -0.2) is 4.98 Å². The summed E-state index contributed by atoms with van der Waals surface area (Å²) in [5.41, 5.74) is -0.125. The molecule has 162 valence electrons. The van der Waals surface area contributed by atoms with Gasteiger partial charge >= 0.3 is 5.97 Å². The summed E-state index contributed by atoms with van der Waals surface area (Å²) in [6, 6.07) is 10.8. The second kappa shape index (κ2) is 11.2. The molecule has 0 aliphatic carbocycles. The Bertz CT molecular complexity index is 839. The van der Waals surface area contributed by atoms with Crippen LogP contribution in [-0.2, 0) is 9.53 Å². The van der Waals surface area contributed by atoms with Crippen LogP contribution >= 0.6 is 0 Å². The van der Waals surface area contributed by atoms with Gasteiger partial charge in [-0.1, -0.05) is 38.5 Å². The zero-order valence-electron chi connectivity index (χ0n) is 17.8. The summed E-state index contributed by atoms with van der Waals surface area (Å²) in [7, 11) is 1.38. The predicted molar refractivity (Wildman–Crippen MR) is 112 cm³/mol. The molecule has 30 heavy (non-hydrogen) atoms. The second-order valence-electron chi connectivity index (χ2n) is 7.14. The molecule has 0 amide bonds. The van der Waals surface area contributed by atoms with Crippen molar-refractivity contribution in [2.75, 3.05) is 7.11 Å². The number of nitrogens with zero attached hydrogens (tertiary/aromatic N) is 1. The molecule has 0 aliphatic rings. The van der Waals surface area contributed by atoms with E-state index in [-0.39, 0.29) is 29.7 Å². The molecule has 1 aromatic carbocycles. The average Bonchev–Trinajstić information content (AvgIpc) is 2.74. The first kappa shape index (κ1) is 23.2. The molecule has 0 saturated heterocycles. The van der Waals surface area contributed by atoms with E-state index in [1.54, 1.807) is 6.92 Å². The number of hydrogen-bond acceptors (Lipinski definition) is 7. The van der Waals surface area contributed by atoms with Gasteiger partial charge in [0.2, 0.25) is 0 Å². The summed E-state index contributed by atoms with van der Waals surface area (Å²) in [5.74, 6) is -1.14. The molecule has 7 nitrogen and oxygen atoms in total. The maximum absolute atomic E-state index is 12.6. The SMILES string of the molecule is CCC[C@@H](OC(=O)[C@H](C)CC(=O)c1nccc(OC)c1O)[C@H](C)Oc1ccccc1. The first-order valence-corrected chi connectivity index (χ1v) is 10.0. The van der Waals surface area contributed by atoms with Crippen LogP contribution in [0.4, 0.5) is 0 Å². The van der Waals surface area contributed by atoms with Crippen LogP contribution in [0.25, 0.3) is 0 Å². The molecule has 2 aromatic rings. The summed E-state index contributed by atoms with van der Waals surface area (Å²) >= 11 is 0. The molecular weight excluding hydrogens is 386 g/mol. The van der Waals surface area contributed by atoms with Gasteiger partial charge in [-0.05, 0) is 25.5 Å². The van der Waals surface area contributed by atoms with Crippen molar-refractivity contribution < 1.29 is 28.9 Å². The van der Waals surface area contributed by atoms with Gasteiger partial charge in [0.15, 0.2) is 23.0 Å². The lowest BCUT2D eigenvalue weighted by Gasteiger charge is -2.26. The molecular formula is C23H29NO6. The number of ketones is 1. The minimum atomic E-state index is -0.701. The quantitative estimate of drug-likeness (QED) is 0.434. The number of rotatable bonds is 11. The number of carbonyl (C=O) groups excluding carboxylic acids is 2. The van der Waals surface area contributed by atoms with E-state index in [1.165, 1.54) is 19.4 Å². The zero-order valence-corrected chi connectivity index (χ0v) is 17.8. The molecule has 2 rings (SSSR count). The van der Waals surface area contributed by atoms with Crippen molar-refractivity contribution in [3.63, 3.8) is 0 Å². The number of ether oxygens (including phenoxy) is 3. The number of pyridine rings is 1. The summed E-state index contributed by atoms with van der Waals surface area (Å²) in [6.07, 6.45) is 1.90. The molecule has 3 atom stereocenters. The van der Waals surface area contributed by atoms with Gasteiger partial charge in [0.25, 0.3) is 0 Å². The van der Waals surface area contributed by atoms with Gasteiger partial charge in [-0.3, -0.25) is 9.59 Å². The maximum Gasteiger partial charge on any atom is 0.309 e. The van der Waals surface area contributed by atoms with Gasteiger partial charge in [0.05, 0.1) is 13.0 Å². The Balaban J connectivity index is 2.00. The van der Waals surface area contributed by atoms with E-state index in [9.17, 15) is 14.7 Å². The van der Waals surface area contributed by atoms with Crippen molar-refractivity contribution in [2.24, 2.45) is 5.92 Å². The first-order chi connectivity index (χ1) is 14.4. The van der Waals surface area contributed by atoms with Crippen LogP contribution in [0.15, 0.2) is 42.6 Å². The van der Waals surface area contributed by atoms with Crippen LogP contribution in [-0.4, -0.2) is 41.2 Å². The molecule has 0 bridgehead atoms. The number of aromatic hydroxyl groups is 1. The Morgan fingerprint density at radius 3 is 2.47 bits per heavy atom. The monoisotopic (exact) mass is 415 g/mol. The Hall–Kier alpha value is -3.09. The van der Waals surface area contributed by atoms with Gasteiger partial charge < -0.3 is 19.3 Å². The number of carbonyl (C=O) groups is 2. The highest BCUT2D eigenvalue weighted by Gasteiger charge is 2.28. The van der Waals surface area contributed by atoms with E-state index in [0.29, 0.717) is 12.2 Å². The summed E-state index contributed by atoms with van der Waals surface area (Å²) in [4.78, 5) is 29.1. The highest BCUT2D eigenvalue weighted by atomic mass is 16.6. The van der Waals surface area contributed by atoms with Crippen molar-refractivity contribution in [3.05, 3.63) is 48.3 Å². The van der Waals surface area contributed by atoms with E-state index < -0.39 is 23.8 Å². The molecule has 1 N–H and O–H groups in total. The third-order valence-corrected chi connectivity index (χ3v) is 4.69. The highest BCUT2D eigenvalue weighted by molar-refractivity contribution is 5.99. The highest BCUT2D eigenvalue weighted by Crippen LogP contribution is 2.29. The third kappa shape index (κ3) is 6.20. The van der Waals surface area contributed by atoms with Crippen molar-refractivity contribution in [1.82, 2.24) is 4.98 Å². The van der Waals surface area contributed by atoms with E-state index >= 15 is 0 Å². The molecule has 0 aliphatic heterocycles. The lowest BCUT2D eigenvalue weighted by atomic mass is 10.0. The van der Waals surface area contributed by atoms with E-state index in [4.69, 9.17) is 14.2 Å². The molecule has 7 heteroatoms. The fourth-order valence-corrected chi connectivity index (χ4v) is 2.99. The fourth-order valence-electron chi connectivity index (χ4n) is 2.99. The van der Waals surface area contributed by atoms with E-state index in [0.717, 1.165) is 6.42 Å². The number of esters is 1. The third-order valence-electron chi connectivity index (χ3n) is 4.69. The Labute approximate surface area is 177 Å². The van der Waals surface area contributed by atoms with E-state index in [1.807, 2.05) is 44.2 Å². The van der Waals surface area contributed by atoms with Gasteiger partial charge in [0.1, 0.15) is 18.0 Å². The maximum atomic E-state index is 12.6. The van der Waals surface area contributed by atoms with Crippen LogP contribution < -0.4 is 9.47 Å². The molecule has 1 heterocycles. The molecule has 1 aromatic heterocycles. The van der Waals surface area contributed by atoms with Crippen molar-refractivity contribution >= 4 is 11.8 Å². The molecule has 0 radical (unpaired) electrons. The van der Waals surface area contributed by atoms with Crippen molar-refractivity contribution in [2.45, 2.75) is 52.2 Å². The van der Waals surface area contributed by atoms with Gasteiger partial charge in [-0.15, -0.1) is 0 Å². The minimum Gasteiger partial charge on any atom is -0.503 e. The Morgan fingerprint density at radius 2 is 1.83 bits per heavy atom. The van der Waals surface area contributed by atoms with Gasteiger partial charge in [0, 0.05) is 18.7 Å². The summed E-state index contributed by atoms with van der Waals surface area (Å²) in [6.45, 7) is 5.47. The predicted octanol–water partition coefficient (Wildman–Crippen LogP) is 4.18. The number of benzene rings is 1. The smallest absolute Gasteiger partial charge is 0.309 e. The molecule has 0 unspecified atom stereocenters. The van der Waals surface area contributed by atoms with Crippen LogP contribution in [0.2, 0.25) is 0 Å². The van der Waals surface area contributed by atoms with Crippen LogP contribution in [0.3, 0.4) is 0 Å². The lowest BCUT2D eigenvalue weighted by molar-refractivity contribution is -0.158. The number of hydrogen-bond donors (Lipinski definition) is 1. The fraction of sp³-hybridized carbons (Fsp3) is 0.435. The average molecular weight is 415 g/mol. The van der Waals surface area contributed by atoms with E-state index in [2.05, 4.69) is 4.98 Å². The first-order valence-electron chi connectivity index (χ1n) is 10.0. The minimum absolute atomic E-state index is 0.125. The molecule has 0 spiro atoms.